The van der Waals surface area contributed by atoms with E-state index in [1.807, 2.05) is 36.4 Å². The molecule has 0 radical (unpaired) electrons. The maximum absolute atomic E-state index is 5.26. The Balaban J connectivity index is 1.09. The number of fused-ring (bicyclic) bond motifs is 6. The molecule has 0 bridgehead atoms. The summed E-state index contributed by atoms with van der Waals surface area (Å²) >= 11 is 0. The highest BCUT2D eigenvalue weighted by molar-refractivity contribution is 5.92. The van der Waals surface area contributed by atoms with Crippen LogP contribution in [0.15, 0.2) is 212 Å². The van der Waals surface area contributed by atoms with Gasteiger partial charge in [0.2, 0.25) is 0 Å². The van der Waals surface area contributed by atoms with Gasteiger partial charge in [0.1, 0.15) is 0 Å². The number of benzene rings is 9. The summed E-state index contributed by atoms with van der Waals surface area (Å²) in [5, 5.41) is 0. The van der Waals surface area contributed by atoms with Crippen LogP contribution in [0, 0.1) is 0 Å². The van der Waals surface area contributed by atoms with Crippen LogP contribution in [-0.4, -0.2) is 15.0 Å². The fourth-order valence-corrected chi connectivity index (χ4v) is 10.6. The number of rotatable bonds is 7. The van der Waals surface area contributed by atoms with Crippen molar-refractivity contribution >= 4 is 0 Å². The van der Waals surface area contributed by atoms with Crippen molar-refractivity contribution in [1.29, 1.82) is 0 Å². The molecule has 3 nitrogen and oxygen atoms in total. The summed E-state index contributed by atoms with van der Waals surface area (Å²) in [5.74, 6) is 1.90. The summed E-state index contributed by atoms with van der Waals surface area (Å²) in [7, 11) is 0. The Morgan fingerprint density at radius 3 is 1.11 bits per heavy atom. The summed E-state index contributed by atoms with van der Waals surface area (Å²) in [6, 6.07) is 76.9. The maximum Gasteiger partial charge on any atom is 0.164 e. The minimum absolute atomic E-state index is 0.106. The second kappa shape index (κ2) is 15.3. The Morgan fingerprint density at radius 1 is 0.227 bits per heavy atom. The molecule has 0 saturated carbocycles. The zero-order chi connectivity index (χ0) is 44.6. The van der Waals surface area contributed by atoms with Gasteiger partial charge in [0.15, 0.2) is 17.5 Å². The van der Waals surface area contributed by atoms with Crippen molar-refractivity contribution in [2.75, 3.05) is 0 Å². The summed E-state index contributed by atoms with van der Waals surface area (Å²) in [4.78, 5) is 15.6. The van der Waals surface area contributed by atoms with Crippen molar-refractivity contribution in [2.24, 2.45) is 0 Å². The molecular weight excluding hydrogens is 799 g/mol. The summed E-state index contributed by atoms with van der Waals surface area (Å²) in [6.07, 6.45) is 0. The van der Waals surface area contributed by atoms with Gasteiger partial charge in [-0.25, -0.2) is 15.0 Å². The minimum Gasteiger partial charge on any atom is -0.208 e. The molecule has 0 saturated heterocycles. The molecule has 0 unspecified atom stereocenters. The largest absolute Gasteiger partial charge is 0.208 e. The van der Waals surface area contributed by atoms with Crippen LogP contribution in [0.3, 0.4) is 0 Å². The first-order valence-corrected chi connectivity index (χ1v) is 22.9. The average Bonchev–Trinajstić information content (AvgIpc) is 3.75. The molecule has 2 aliphatic carbocycles. The van der Waals surface area contributed by atoms with Crippen molar-refractivity contribution in [3.8, 4) is 101 Å². The summed E-state index contributed by atoms with van der Waals surface area (Å²) < 4.78 is 0. The Morgan fingerprint density at radius 2 is 0.591 bits per heavy atom. The fraction of sp³-hybridized carbons (Fsp3) is 0.0952. The lowest BCUT2D eigenvalue weighted by atomic mass is 9.81. The normalized spacial score (nSPS) is 13.7. The molecule has 10 aromatic rings. The van der Waals surface area contributed by atoms with E-state index in [4.69, 9.17) is 15.0 Å². The monoisotopic (exact) mass is 845 g/mol. The van der Waals surface area contributed by atoms with Gasteiger partial charge in [-0.2, -0.15) is 0 Å². The minimum atomic E-state index is -0.146. The highest BCUT2D eigenvalue weighted by Crippen LogP contribution is 2.52. The molecule has 12 rings (SSSR count). The predicted molar refractivity (Wildman–Crippen MR) is 273 cm³/mol. The van der Waals surface area contributed by atoms with Gasteiger partial charge in [-0.15, -0.1) is 0 Å². The second-order valence-corrected chi connectivity index (χ2v) is 18.8. The molecule has 0 spiro atoms. The zero-order valence-electron chi connectivity index (χ0n) is 37.5. The highest BCUT2D eigenvalue weighted by atomic mass is 15.0. The van der Waals surface area contributed by atoms with Crippen molar-refractivity contribution in [3.05, 3.63) is 235 Å². The number of hydrogen-bond donors (Lipinski definition) is 0. The molecule has 2 aliphatic rings. The maximum atomic E-state index is 5.26. The molecule has 0 amide bonds. The zero-order valence-corrected chi connectivity index (χ0v) is 37.5. The van der Waals surface area contributed by atoms with Gasteiger partial charge in [0.05, 0.1) is 0 Å². The van der Waals surface area contributed by atoms with Gasteiger partial charge in [0, 0.05) is 27.5 Å². The van der Waals surface area contributed by atoms with Crippen LogP contribution in [0.1, 0.15) is 49.9 Å². The quantitative estimate of drug-likeness (QED) is 0.160. The highest BCUT2D eigenvalue weighted by Gasteiger charge is 2.36. The molecule has 1 heterocycles. The predicted octanol–water partition coefficient (Wildman–Crippen LogP) is 16.2. The Labute approximate surface area is 387 Å². The molecule has 0 atom stereocenters. The first-order valence-electron chi connectivity index (χ1n) is 22.9. The van der Waals surface area contributed by atoms with Crippen LogP contribution >= 0.6 is 0 Å². The molecule has 1 aromatic heterocycles. The Kier molecular flexibility index (Phi) is 9.19. The van der Waals surface area contributed by atoms with Gasteiger partial charge in [0.25, 0.3) is 0 Å². The Bertz CT molecular complexity index is 3460. The van der Waals surface area contributed by atoms with E-state index in [0.717, 1.165) is 50.1 Å². The van der Waals surface area contributed by atoms with Crippen molar-refractivity contribution in [2.45, 2.75) is 38.5 Å². The second-order valence-electron chi connectivity index (χ2n) is 18.8. The summed E-state index contributed by atoms with van der Waals surface area (Å²) in [6.45, 7) is 9.40. The van der Waals surface area contributed by atoms with Crippen LogP contribution in [0.5, 0.6) is 0 Å². The van der Waals surface area contributed by atoms with E-state index < -0.39 is 0 Å². The van der Waals surface area contributed by atoms with Gasteiger partial charge >= 0.3 is 0 Å². The van der Waals surface area contributed by atoms with E-state index in [-0.39, 0.29) is 10.8 Å². The molecule has 66 heavy (non-hydrogen) atoms. The molecule has 3 heteroatoms. The van der Waals surface area contributed by atoms with Crippen molar-refractivity contribution in [1.82, 2.24) is 15.0 Å². The first-order chi connectivity index (χ1) is 32.2. The summed E-state index contributed by atoms with van der Waals surface area (Å²) in [5.41, 5.74) is 22.4. The molecule has 0 N–H and O–H groups in total. The molecule has 314 valence electrons. The third-order valence-corrected chi connectivity index (χ3v) is 14.1. The molecule has 0 aliphatic heterocycles. The number of nitrogens with zero attached hydrogens (tertiary/aromatic N) is 3. The lowest BCUT2D eigenvalue weighted by molar-refractivity contribution is 0.660. The lowest BCUT2D eigenvalue weighted by Gasteiger charge is -2.22. The van der Waals surface area contributed by atoms with E-state index in [1.165, 1.54) is 55.6 Å². The number of aromatic nitrogens is 3. The third-order valence-electron chi connectivity index (χ3n) is 14.1. The van der Waals surface area contributed by atoms with Gasteiger partial charge in [-0.05, 0) is 125 Å². The van der Waals surface area contributed by atoms with E-state index in [0.29, 0.717) is 17.5 Å². The van der Waals surface area contributed by atoms with E-state index in [9.17, 15) is 0 Å². The van der Waals surface area contributed by atoms with E-state index in [1.54, 1.807) is 0 Å². The van der Waals surface area contributed by atoms with Crippen molar-refractivity contribution < 1.29 is 0 Å². The van der Waals surface area contributed by atoms with Gasteiger partial charge < -0.3 is 0 Å². The SMILES string of the molecule is CC1(C)c2ccccc2-c2ccc(-c3cc(-c4nc(-c5ccccc5)nc(-c5ccccc5)n4)cc(-c4cc(-c5ccc6c(c5)C(C)(C)c5ccccc5-6)ccc4-c4ccccc4)c3)cc21. The van der Waals surface area contributed by atoms with Gasteiger partial charge in [-0.3, -0.25) is 0 Å². The van der Waals surface area contributed by atoms with Crippen molar-refractivity contribution in [3.63, 3.8) is 0 Å². The van der Waals surface area contributed by atoms with Crippen LogP contribution in [0.25, 0.3) is 101 Å². The van der Waals surface area contributed by atoms with Crippen LogP contribution in [-0.2, 0) is 10.8 Å². The van der Waals surface area contributed by atoms with Crippen LogP contribution in [0.2, 0.25) is 0 Å². The lowest BCUT2D eigenvalue weighted by Crippen LogP contribution is -2.14. The molecule has 9 aromatic carbocycles. The topological polar surface area (TPSA) is 38.7 Å². The number of hydrogen-bond acceptors (Lipinski definition) is 3. The van der Waals surface area contributed by atoms with E-state index >= 15 is 0 Å². The third kappa shape index (κ3) is 6.53. The standard InChI is InChI=1S/C63H47N3/c1-62(2)55-26-16-14-24-50(55)52-32-29-44(38-57(52)62)43-28-31-49(40-18-8-5-9-19-40)54(37-43)47-34-46(45-30-33-53-51-25-15-17-27-56(51)63(3,4)58(53)39-45)35-48(36-47)61-65-59(41-20-10-6-11-21-41)64-60(66-61)42-22-12-7-13-23-42/h5-39H,1-4H3. The average molecular weight is 846 g/mol. The smallest absolute Gasteiger partial charge is 0.164 e. The van der Waals surface area contributed by atoms with E-state index in [2.05, 4.69) is 204 Å². The fourth-order valence-electron chi connectivity index (χ4n) is 10.6. The Hall–Kier alpha value is -8.01. The first kappa shape index (κ1) is 39.6. The van der Waals surface area contributed by atoms with Crippen LogP contribution in [0.4, 0.5) is 0 Å². The molecular formula is C63H47N3. The molecule has 0 fully saturated rings. The van der Waals surface area contributed by atoms with Gasteiger partial charge in [-0.1, -0.05) is 204 Å². The van der Waals surface area contributed by atoms with Crippen LogP contribution < -0.4 is 0 Å².